The summed E-state index contributed by atoms with van der Waals surface area (Å²) in [5.74, 6) is 0.986. The summed E-state index contributed by atoms with van der Waals surface area (Å²) >= 11 is 0. The molecule has 1 amide bonds. The van der Waals surface area contributed by atoms with Crippen LogP contribution in [-0.2, 0) is 0 Å². The zero-order valence-corrected chi connectivity index (χ0v) is 11.6. The fraction of sp³-hybridized carbons (Fsp3) is 0.133. The molecule has 21 heavy (non-hydrogen) atoms. The molecule has 3 rings (SSSR count). The van der Waals surface area contributed by atoms with E-state index in [4.69, 9.17) is 8.94 Å². The van der Waals surface area contributed by atoms with Crippen LogP contribution in [0.4, 0.5) is 5.82 Å². The van der Waals surface area contributed by atoms with E-state index >= 15 is 0 Å². The number of carbonyl (C=O) groups excluding carboxylic acids is 1. The molecular weight excluding hydrogens is 270 g/mol. The summed E-state index contributed by atoms with van der Waals surface area (Å²) in [5.41, 5.74) is 2.13. The SMILES string of the molecule is Cc1ccc(-c2ocnc2C(=O)Nc2cc(C)on2)cc1. The average Bonchev–Trinajstić information content (AvgIpc) is 3.09. The summed E-state index contributed by atoms with van der Waals surface area (Å²) in [7, 11) is 0. The summed E-state index contributed by atoms with van der Waals surface area (Å²) < 4.78 is 10.2. The molecule has 0 radical (unpaired) electrons. The van der Waals surface area contributed by atoms with E-state index < -0.39 is 5.91 Å². The minimum atomic E-state index is -0.396. The van der Waals surface area contributed by atoms with Crippen molar-refractivity contribution >= 4 is 11.7 Å². The maximum Gasteiger partial charge on any atom is 0.279 e. The van der Waals surface area contributed by atoms with Gasteiger partial charge < -0.3 is 14.3 Å². The minimum absolute atomic E-state index is 0.208. The highest BCUT2D eigenvalue weighted by molar-refractivity contribution is 6.05. The predicted octanol–water partition coefficient (Wildman–Crippen LogP) is 3.20. The van der Waals surface area contributed by atoms with Gasteiger partial charge in [0, 0.05) is 11.6 Å². The van der Waals surface area contributed by atoms with E-state index in [0.717, 1.165) is 11.1 Å². The Hall–Kier alpha value is -2.89. The predicted molar refractivity (Wildman–Crippen MR) is 75.9 cm³/mol. The number of aromatic nitrogens is 2. The lowest BCUT2D eigenvalue weighted by Gasteiger charge is -2.02. The second-order valence-electron chi connectivity index (χ2n) is 4.67. The first-order valence-electron chi connectivity index (χ1n) is 6.38. The first-order valence-corrected chi connectivity index (χ1v) is 6.38. The molecule has 6 nitrogen and oxygen atoms in total. The average molecular weight is 283 g/mol. The lowest BCUT2D eigenvalue weighted by atomic mass is 10.1. The van der Waals surface area contributed by atoms with Crippen molar-refractivity contribution in [3.05, 3.63) is 53.7 Å². The second kappa shape index (κ2) is 5.24. The van der Waals surface area contributed by atoms with E-state index in [1.54, 1.807) is 13.0 Å². The maximum absolute atomic E-state index is 12.2. The summed E-state index contributed by atoms with van der Waals surface area (Å²) in [6.45, 7) is 3.74. The number of oxazole rings is 1. The third-order valence-electron chi connectivity index (χ3n) is 2.97. The number of aryl methyl sites for hydroxylation is 2. The Bertz CT molecular complexity index is 772. The normalized spacial score (nSPS) is 10.6. The van der Waals surface area contributed by atoms with Crippen LogP contribution in [0.25, 0.3) is 11.3 Å². The van der Waals surface area contributed by atoms with Gasteiger partial charge in [0.15, 0.2) is 23.7 Å². The zero-order chi connectivity index (χ0) is 14.8. The summed E-state index contributed by atoms with van der Waals surface area (Å²) in [4.78, 5) is 16.2. The highest BCUT2D eigenvalue weighted by Crippen LogP contribution is 2.24. The molecule has 0 unspecified atom stereocenters. The number of amides is 1. The van der Waals surface area contributed by atoms with Crippen LogP contribution >= 0.6 is 0 Å². The molecule has 106 valence electrons. The van der Waals surface area contributed by atoms with Gasteiger partial charge in [0.25, 0.3) is 5.91 Å². The smallest absolute Gasteiger partial charge is 0.279 e. The largest absolute Gasteiger partial charge is 0.443 e. The number of nitrogens with one attached hydrogen (secondary N) is 1. The van der Waals surface area contributed by atoms with Gasteiger partial charge in [0.05, 0.1) is 0 Å². The molecule has 0 saturated carbocycles. The minimum Gasteiger partial charge on any atom is -0.443 e. The van der Waals surface area contributed by atoms with Crippen LogP contribution in [0.1, 0.15) is 21.8 Å². The molecule has 0 spiro atoms. The van der Waals surface area contributed by atoms with Gasteiger partial charge in [-0.1, -0.05) is 35.0 Å². The topological polar surface area (TPSA) is 81.2 Å². The van der Waals surface area contributed by atoms with Gasteiger partial charge in [0.1, 0.15) is 5.76 Å². The summed E-state index contributed by atoms with van der Waals surface area (Å²) in [6, 6.07) is 9.28. The standard InChI is InChI=1S/C15H13N3O3/c1-9-3-5-11(6-4-9)14-13(16-8-20-14)15(19)17-12-7-10(2)21-18-12/h3-8H,1-2H3,(H,17,18,19). The number of hydrogen-bond donors (Lipinski definition) is 1. The Morgan fingerprint density at radius 1 is 1.19 bits per heavy atom. The molecule has 0 fully saturated rings. The van der Waals surface area contributed by atoms with Crippen LogP contribution in [0.3, 0.4) is 0 Å². The Labute approximate surface area is 120 Å². The van der Waals surface area contributed by atoms with Gasteiger partial charge in [-0.3, -0.25) is 4.79 Å². The molecule has 2 aromatic heterocycles. The van der Waals surface area contributed by atoms with E-state index in [1.165, 1.54) is 6.39 Å². The van der Waals surface area contributed by atoms with Crippen molar-refractivity contribution in [2.24, 2.45) is 0 Å². The Morgan fingerprint density at radius 3 is 2.62 bits per heavy atom. The number of benzene rings is 1. The monoisotopic (exact) mass is 283 g/mol. The van der Waals surface area contributed by atoms with Crippen molar-refractivity contribution in [2.75, 3.05) is 5.32 Å². The quantitative estimate of drug-likeness (QED) is 0.798. The summed E-state index contributed by atoms with van der Waals surface area (Å²) in [6.07, 6.45) is 1.25. The van der Waals surface area contributed by atoms with Crippen LogP contribution in [0.5, 0.6) is 0 Å². The van der Waals surface area contributed by atoms with Gasteiger partial charge in [-0.15, -0.1) is 0 Å². The van der Waals surface area contributed by atoms with E-state index in [-0.39, 0.29) is 5.69 Å². The van der Waals surface area contributed by atoms with Crippen molar-refractivity contribution in [3.8, 4) is 11.3 Å². The van der Waals surface area contributed by atoms with Gasteiger partial charge >= 0.3 is 0 Å². The summed E-state index contributed by atoms with van der Waals surface area (Å²) in [5, 5.41) is 6.33. The number of carbonyl (C=O) groups is 1. The molecular formula is C15H13N3O3. The van der Waals surface area contributed by atoms with E-state index in [2.05, 4.69) is 15.5 Å². The first-order chi connectivity index (χ1) is 10.1. The van der Waals surface area contributed by atoms with Crippen LogP contribution < -0.4 is 5.32 Å². The molecule has 1 aromatic carbocycles. The molecule has 3 aromatic rings. The molecule has 2 heterocycles. The van der Waals surface area contributed by atoms with Gasteiger partial charge in [-0.2, -0.15) is 0 Å². The van der Waals surface area contributed by atoms with E-state index in [0.29, 0.717) is 17.3 Å². The lowest BCUT2D eigenvalue weighted by Crippen LogP contribution is -2.13. The lowest BCUT2D eigenvalue weighted by molar-refractivity contribution is 0.102. The van der Waals surface area contributed by atoms with Crippen molar-refractivity contribution < 1.29 is 13.7 Å². The number of anilines is 1. The molecule has 0 aliphatic rings. The number of rotatable bonds is 3. The third-order valence-corrected chi connectivity index (χ3v) is 2.97. The van der Waals surface area contributed by atoms with Crippen LogP contribution in [0, 0.1) is 13.8 Å². The van der Waals surface area contributed by atoms with Crippen molar-refractivity contribution in [1.29, 1.82) is 0 Å². The van der Waals surface area contributed by atoms with E-state index in [1.807, 2.05) is 31.2 Å². The molecule has 6 heteroatoms. The van der Waals surface area contributed by atoms with Crippen LogP contribution in [-0.4, -0.2) is 16.0 Å². The second-order valence-corrected chi connectivity index (χ2v) is 4.67. The highest BCUT2D eigenvalue weighted by Gasteiger charge is 2.19. The molecule has 0 atom stereocenters. The zero-order valence-electron chi connectivity index (χ0n) is 11.6. The number of hydrogen-bond acceptors (Lipinski definition) is 5. The molecule has 0 aliphatic heterocycles. The van der Waals surface area contributed by atoms with Crippen molar-refractivity contribution in [1.82, 2.24) is 10.1 Å². The molecule has 0 saturated heterocycles. The molecule has 0 bridgehead atoms. The van der Waals surface area contributed by atoms with Crippen molar-refractivity contribution in [3.63, 3.8) is 0 Å². The van der Waals surface area contributed by atoms with Crippen molar-refractivity contribution in [2.45, 2.75) is 13.8 Å². The highest BCUT2D eigenvalue weighted by atomic mass is 16.5. The maximum atomic E-state index is 12.2. The first kappa shape index (κ1) is 13.1. The van der Waals surface area contributed by atoms with Gasteiger partial charge in [-0.25, -0.2) is 4.98 Å². The van der Waals surface area contributed by atoms with Crippen LogP contribution in [0.15, 0.2) is 45.7 Å². The fourth-order valence-electron chi connectivity index (χ4n) is 1.92. The molecule has 1 N–H and O–H groups in total. The number of nitrogens with zero attached hydrogens (tertiary/aromatic N) is 2. The van der Waals surface area contributed by atoms with Gasteiger partial charge in [0.2, 0.25) is 0 Å². The molecule has 0 aliphatic carbocycles. The Morgan fingerprint density at radius 2 is 1.95 bits per heavy atom. The van der Waals surface area contributed by atoms with E-state index in [9.17, 15) is 4.79 Å². The van der Waals surface area contributed by atoms with Gasteiger partial charge in [-0.05, 0) is 13.8 Å². The Kier molecular flexibility index (Phi) is 3.27. The Balaban J connectivity index is 1.88. The third kappa shape index (κ3) is 2.69. The van der Waals surface area contributed by atoms with Crippen LogP contribution in [0.2, 0.25) is 0 Å². The fourth-order valence-corrected chi connectivity index (χ4v) is 1.92.